The van der Waals surface area contributed by atoms with E-state index in [2.05, 4.69) is 0 Å². The molecule has 0 radical (unpaired) electrons. The molecular weight excluding hydrogens is 651 g/mol. The van der Waals surface area contributed by atoms with Crippen LogP contribution in [0.25, 0.3) is 5.57 Å². The maximum atomic E-state index is 13.4. The molecule has 3 aromatic rings. The predicted molar refractivity (Wildman–Crippen MR) is 187 cm³/mol. The van der Waals surface area contributed by atoms with Gasteiger partial charge in [0.25, 0.3) is 0 Å². The zero-order chi connectivity index (χ0) is 33.7. The Morgan fingerprint density at radius 2 is 1.53 bits per heavy atom. The number of rotatable bonds is 9. The van der Waals surface area contributed by atoms with E-state index in [0.29, 0.717) is 32.5 Å². The summed E-state index contributed by atoms with van der Waals surface area (Å²) >= 11 is 15.0. The van der Waals surface area contributed by atoms with Gasteiger partial charge in [0, 0.05) is 21.4 Å². The highest BCUT2D eigenvalue weighted by molar-refractivity contribution is 8.16. The van der Waals surface area contributed by atoms with Gasteiger partial charge in [0.05, 0.1) is 29.3 Å². The first-order valence-electron chi connectivity index (χ1n) is 14.1. The molecule has 240 valence electrons. The normalized spacial score (nSPS) is 14.8. The van der Waals surface area contributed by atoms with Crippen molar-refractivity contribution in [3.63, 3.8) is 0 Å². The number of ether oxygens (including phenoxy) is 2. The van der Waals surface area contributed by atoms with Crippen molar-refractivity contribution >= 4 is 69.2 Å². The smallest absolute Gasteiger partial charge is 0.320 e. The minimum absolute atomic E-state index is 0.111. The van der Waals surface area contributed by atoms with Crippen molar-refractivity contribution in [1.82, 2.24) is 0 Å². The number of carbonyl (C=O) groups excluding carboxylic acids is 3. The number of benzene rings is 3. The number of aliphatic hydroxyl groups is 1. The number of esters is 1. The minimum atomic E-state index is -1.06. The molecule has 0 aliphatic carbocycles. The second-order valence-corrected chi connectivity index (χ2v) is 15.6. The molecule has 4 rings (SSSR count). The molecular formula is C35H38Cl2O6S2. The van der Waals surface area contributed by atoms with Gasteiger partial charge in [-0.15, -0.1) is 11.8 Å². The molecule has 1 N–H and O–H groups in total. The first kappa shape index (κ1) is 36.6. The Kier molecular flexibility index (Phi) is 12.3. The van der Waals surface area contributed by atoms with Crippen molar-refractivity contribution in [3.8, 4) is 5.75 Å². The Hall–Kier alpha value is -2.91. The third-order valence-electron chi connectivity index (χ3n) is 7.26. The Bertz CT molecular complexity index is 1610. The SMILES string of the molecule is COC(=O)C(C(=O)C(C)(C)SCc1ccc(OC)cc1)c1cc(C)ccc1Cl.Cc1ccc(Cl)c(C2=C(O)C(C)(C)SC2=O)c1. The maximum absolute atomic E-state index is 13.4. The number of halogens is 2. The zero-order valence-corrected chi connectivity index (χ0v) is 29.8. The van der Waals surface area contributed by atoms with Crippen LogP contribution in [0.1, 0.15) is 61.4 Å². The average molecular weight is 690 g/mol. The molecule has 0 amide bonds. The van der Waals surface area contributed by atoms with Gasteiger partial charge in [-0.3, -0.25) is 14.4 Å². The number of ketones is 1. The number of carbonyl (C=O) groups is 3. The lowest BCUT2D eigenvalue weighted by Gasteiger charge is -2.27. The first-order chi connectivity index (χ1) is 21.0. The Morgan fingerprint density at radius 3 is 2.07 bits per heavy atom. The van der Waals surface area contributed by atoms with Gasteiger partial charge in [0.1, 0.15) is 17.4 Å². The van der Waals surface area contributed by atoms with Crippen LogP contribution in [-0.4, -0.2) is 45.7 Å². The van der Waals surface area contributed by atoms with Gasteiger partial charge in [0.2, 0.25) is 5.12 Å². The standard InChI is InChI=1S/C22H25ClO4S.C13H13ClO2S/c1-14-6-11-18(23)17(12-14)19(21(25)27-5)20(24)22(2,3)28-13-15-7-9-16(26-4)10-8-15;1-7-4-5-9(14)8(6-7)10-11(15)13(2,3)17-12(10)16/h6-12,19H,13H2,1-5H3;4-6,15H,1-3H3. The van der Waals surface area contributed by atoms with Gasteiger partial charge >= 0.3 is 5.97 Å². The number of aryl methyl sites for hydroxylation is 2. The molecule has 6 nitrogen and oxygen atoms in total. The summed E-state index contributed by atoms with van der Waals surface area (Å²) < 4.78 is 8.71. The summed E-state index contributed by atoms with van der Waals surface area (Å²) in [7, 11) is 2.90. The molecule has 0 saturated carbocycles. The topological polar surface area (TPSA) is 89.9 Å². The Morgan fingerprint density at radius 1 is 0.956 bits per heavy atom. The summed E-state index contributed by atoms with van der Waals surface area (Å²) in [5, 5.41) is 10.9. The number of hydrogen-bond donors (Lipinski definition) is 1. The van der Waals surface area contributed by atoms with Crippen LogP contribution in [0.2, 0.25) is 10.0 Å². The first-order valence-corrected chi connectivity index (χ1v) is 16.7. The highest BCUT2D eigenvalue weighted by atomic mass is 35.5. The predicted octanol–water partition coefficient (Wildman–Crippen LogP) is 9.16. The summed E-state index contributed by atoms with van der Waals surface area (Å²) in [4.78, 5) is 37.8. The van der Waals surface area contributed by atoms with E-state index in [-0.39, 0.29) is 16.7 Å². The number of aliphatic hydroxyl groups excluding tert-OH is 1. The molecule has 1 aliphatic rings. The molecule has 10 heteroatoms. The van der Waals surface area contributed by atoms with Gasteiger partial charge in [-0.2, -0.15) is 0 Å². The fraction of sp³-hybridized carbons (Fsp3) is 0.343. The highest BCUT2D eigenvalue weighted by Gasteiger charge is 2.42. The molecule has 1 aliphatic heterocycles. The Labute approximate surface area is 283 Å². The van der Waals surface area contributed by atoms with Gasteiger partial charge in [-0.25, -0.2) is 0 Å². The van der Waals surface area contributed by atoms with Crippen molar-refractivity contribution in [3.05, 3.63) is 104 Å². The number of methoxy groups -OCH3 is 2. The average Bonchev–Trinajstić information content (AvgIpc) is 3.20. The van der Waals surface area contributed by atoms with Crippen LogP contribution >= 0.6 is 46.7 Å². The van der Waals surface area contributed by atoms with Crippen molar-refractivity contribution in [2.45, 2.75) is 62.7 Å². The largest absolute Gasteiger partial charge is 0.510 e. The van der Waals surface area contributed by atoms with Gasteiger partial charge in [-0.1, -0.05) is 76.4 Å². The van der Waals surface area contributed by atoms with Crippen LogP contribution in [0.3, 0.4) is 0 Å². The van der Waals surface area contributed by atoms with Crippen LogP contribution in [-0.2, 0) is 24.9 Å². The van der Waals surface area contributed by atoms with E-state index in [4.69, 9.17) is 32.7 Å². The van der Waals surface area contributed by atoms with E-state index < -0.39 is 21.4 Å². The summed E-state index contributed by atoms with van der Waals surface area (Å²) in [6.07, 6.45) is 0. The van der Waals surface area contributed by atoms with E-state index in [9.17, 15) is 19.5 Å². The second-order valence-electron chi connectivity index (χ2n) is 11.6. The summed E-state index contributed by atoms with van der Waals surface area (Å²) in [6, 6.07) is 18.4. The van der Waals surface area contributed by atoms with E-state index in [1.807, 2.05) is 84.0 Å². The van der Waals surface area contributed by atoms with E-state index in [0.717, 1.165) is 34.2 Å². The van der Waals surface area contributed by atoms with Crippen LogP contribution in [0.4, 0.5) is 0 Å². The lowest BCUT2D eigenvalue weighted by atomic mass is 9.87. The van der Waals surface area contributed by atoms with Crippen molar-refractivity contribution in [2.24, 2.45) is 0 Å². The molecule has 3 aromatic carbocycles. The molecule has 0 spiro atoms. The van der Waals surface area contributed by atoms with Crippen molar-refractivity contribution in [2.75, 3.05) is 14.2 Å². The number of thioether (sulfide) groups is 2. The zero-order valence-electron chi connectivity index (χ0n) is 26.6. The summed E-state index contributed by atoms with van der Waals surface area (Å²) in [5.41, 5.74) is 4.43. The van der Waals surface area contributed by atoms with E-state index >= 15 is 0 Å². The number of hydrogen-bond acceptors (Lipinski definition) is 8. The van der Waals surface area contributed by atoms with Crippen LogP contribution < -0.4 is 4.74 Å². The van der Waals surface area contributed by atoms with Crippen LogP contribution in [0.5, 0.6) is 5.75 Å². The van der Waals surface area contributed by atoms with Gasteiger partial charge in [-0.05, 0) is 83.0 Å². The van der Waals surface area contributed by atoms with E-state index in [1.165, 1.54) is 18.9 Å². The Balaban J connectivity index is 0.000000276. The molecule has 0 saturated heterocycles. The monoisotopic (exact) mass is 688 g/mol. The summed E-state index contributed by atoms with van der Waals surface area (Å²) in [5.74, 6) is -0.376. The van der Waals surface area contributed by atoms with Crippen LogP contribution in [0, 0.1) is 13.8 Å². The lowest BCUT2D eigenvalue weighted by molar-refractivity contribution is -0.146. The molecule has 1 heterocycles. The molecule has 0 fully saturated rings. The summed E-state index contributed by atoms with van der Waals surface area (Å²) in [6.45, 7) is 11.1. The third kappa shape index (κ3) is 8.88. The van der Waals surface area contributed by atoms with Crippen molar-refractivity contribution in [1.29, 1.82) is 0 Å². The fourth-order valence-corrected chi connectivity index (χ4v) is 6.97. The lowest BCUT2D eigenvalue weighted by Crippen LogP contribution is -2.37. The quantitative estimate of drug-likeness (QED) is 0.176. The number of Topliss-reactive ketones (excluding diaryl/α,β-unsaturated/α-hetero) is 1. The third-order valence-corrected chi connectivity index (χ3v) is 10.4. The minimum Gasteiger partial charge on any atom is -0.510 e. The molecule has 0 aromatic heterocycles. The van der Waals surface area contributed by atoms with Gasteiger partial charge in [0.15, 0.2) is 5.78 Å². The molecule has 1 unspecified atom stereocenters. The highest BCUT2D eigenvalue weighted by Crippen LogP contribution is 2.47. The second kappa shape index (κ2) is 15.1. The molecule has 45 heavy (non-hydrogen) atoms. The molecule has 1 atom stereocenters. The van der Waals surface area contributed by atoms with E-state index in [1.54, 1.807) is 25.3 Å². The maximum Gasteiger partial charge on any atom is 0.320 e. The van der Waals surface area contributed by atoms with Crippen molar-refractivity contribution < 1.29 is 29.0 Å². The van der Waals surface area contributed by atoms with Gasteiger partial charge < -0.3 is 14.6 Å². The van der Waals surface area contributed by atoms with Crippen LogP contribution in [0.15, 0.2) is 66.4 Å². The molecule has 0 bridgehead atoms. The fourth-order valence-electron chi connectivity index (χ4n) is 4.58.